The van der Waals surface area contributed by atoms with Gasteiger partial charge in [-0.2, -0.15) is 5.26 Å². The van der Waals surface area contributed by atoms with Gasteiger partial charge in [0.2, 0.25) is 0 Å². The molecule has 0 aromatic rings. The summed E-state index contributed by atoms with van der Waals surface area (Å²) in [5.74, 6) is 0.695. The molecule has 1 unspecified atom stereocenters. The molecule has 13 heavy (non-hydrogen) atoms. The third-order valence-corrected chi connectivity index (χ3v) is 3.18. The van der Waals surface area contributed by atoms with Gasteiger partial charge in [0.25, 0.3) is 0 Å². The van der Waals surface area contributed by atoms with E-state index in [0.29, 0.717) is 11.3 Å². The molecule has 0 amide bonds. The molecule has 0 heterocycles. The Kier molecular flexibility index (Phi) is 2.22. The lowest BCUT2D eigenvalue weighted by molar-refractivity contribution is 0.402. The largest absolute Gasteiger partial charge is 0.198 e. The smallest absolute Gasteiger partial charge is 0.0627 e. The van der Waals surface area contributed by atoms with E-state index in [4.69, 9.17) is 5.26 Å². The van der Waals surface area contributed by atoms with Crippen molar-refractivity contribution in [2.75, 3.05) is 0 Å². The Morgan fingerprint density at radius 3 is 2.77 bits per heavy atom. The molecule has 0 spiro atoms. The highest BCUT2D eigenvalue weighted by atomic mass is 14.5. The van der Waals surface area contributed by atoms with Gasteiger partial charge in [-0.25, -0.2) is 0 Å². The Bertz CT molecular complexity index is 276. The first-order valence-corrected chi connectivity index (χ1v) is 5.05. The zero-order valence-corrected chi connectivity index (χ0v) is 7.87. The first kappa shape index (κ1) is 8.56. The molecule has 0 N–H and O–H groups in total. The lowest BCUT2D eigenvalue weighted by Crippen LogP contribution is -2.08. The van der Waals surface area contributed by atoms with Crippen LogP contribution in [-0.2, 0) is 0 Å². The zero-order chi connectivity index (χ0) is 9.15. The fraction of sp³-hybridized carbons (Fsp3) is 0.583. The molecule has 1 heteroatoms. The van der Waals surface area contributed by atoms with Crippen molar-refractivity contribution in [3.8, 4) is 6.07 Å². The van der Waals surface area contributed by atoms with Gasteiger partial charge in [-0.05, 0) is 37.0 Å². The summed E-state index contributed by atoms with van der Waals surface area (Å²) in [6, 6.07) is 2.32. The molecular weight excluding hydrogens is 158 g/mol. The van der Waals surface area contributed by atoms with Crippen LogP contribution in [0.4, 0.5) is 0 Å². The summed E-state index contributed by atoms with van der Waals surface area (Å²) in [6.07, 6.45) is 14.5. The van der Waals surface area contributed by atoms with Crippen molar-refractivity contribution < 1.29 is 0 Å². The van der Waals surface area contributed by atoms with Crippen molar-refractivity contribution in [3.63, 3.8) is 0 Å². The molecule has 0 saturated heterocycles. The minimum atomic E-state index is 0.412. The lowest BCUT2D eigenvalue weighted by Gasteiger charge is -2.18. The fourth-order valence-electron chi connectivity index (χ4n) is 2.14. The van der Waals surface area contributed by atoms with E-state index in [2.05, 4.69) is 30.4 Å². The summed E-state index contributed by atoms with van der Waals surface area (Å²) in [5, 5.41) is 8.69. The number of rotatable bonds is 3. The SMILES string of the molecule is N#CCC1(CC2C=CC=CC2)CC1. The molecule has 1 nitrogen and oxygen atoms in total. The number of nitrogens with zero attached hydrogens (tertiary/aromatic N) is 1. The van der Waals surface area contributed by atoms with E-state index in [-0.39, 0.29) is 0 Å². The van der Waals surface area contributed by atoms with Crippen LogP contribution in [0.15, 0.2) is 24.3 Å². The van der Waals surface area contributed by atoms with Crippen molar-refractivity contribution in [1.29, 1.82) is 5.26 Å². The van der Waals surface area contributed by atoms with Crippen molar-refractivity contribution in [1.82, 2.24) is 0 Å². The Balaban J connectivity index is 1.88. The summed E-state index contributed by atoms with van der Waals surface area (Å²) < 4.78 is 0. The molecule has 0 bridgehead atoms. The zero-order valence-electron chi connectivity index (χ0n) is 7.87. The van der Waals surface area contributed by atoms with Crippen LogP contribution in [0.1, 0.15) is 32.1 Å². The van der Waals surface area contributed by atoms with E-state index in [9.17, 15) is 0 Å². The summed E-state index contributed by atoms with van der Waals surface area (Å²) in [7, 11) is 0. The Morgan fingerprint density at radius 2 is 2.23 bits per heavy atom. The molecule has 1 saturated carbocycles. The molecule has 2 aliphatic carbocycles. The molecular formula is C12H15N. The van der Waals surface area contributed by atoms with Crippen LogP contribution in [0, 0.1) is 22.7 Å². The molecule has 1 fully saturated rings. The van der Waals surface area contributed by atoms with E-state index >= 15 is 0 Å². The van der Waals surface area contributed by atoms with Crippen LogP contribution >= 0.6 is 0 Å². The molecule has 1 atom stereocenters. The quantitative estimate of drug-likeness (QED) is 0.643. The minimum absolute atomic E-state index is 0.412. The standard InChI is InChI=1S/C12H15N/c13-9-8-12(6-7-12)10-11-4-2-1-3-5-11/h1-4,11H,5-8,10H2. The van der Waals surface area contributed by atoms with Gasteiger partial charge in [-0.15, -0.1) is 0 Å². The summed E-state index contributed by atoms with van der Waals surface area (Å²) in [4.78, 5) is 0. The van der Waals surface area contributed by atoms with E-state index < -0.39 is 0 Å². The van der Waals surface area contributed by atoms with Crippen LogP contribution in [0.25, 0.3) is 0 Å². The van der Waals surface area contributed by atoms with E-state index in [0.717, 1.165) is 6.42 Å². The minimum Gasteiger partial charge on any atom is -0.198 e. The second kappa shape index (κ2) is 3.38. The van der Waals surface area contributed by atoms with E-state index in [1.807, 2.05) is 0 Å². The summed E-state index contributed by atoms with van der Waals surface area (Å²) >= 11 is 0. The van der Waals surface area contributed by atoms with Crippen LogP contribution in [-0.4, -0.2) is 0 Å². The Labute approximate surface area is 79.8 Å². The number of hydrogen-bond donors (Lipinski definition) is 0. The molecule has 68 valence electrons. The van der Waals surface area contributed by atoms with Gasteiger partial charge in [0.15, 0.2) is 0 Å². The second-order valence-corrected chi connectivity index (χ2v) is 4.35. The number of hydrogen-bond acceptors (Lipinski definition) is 1. The van der Waals surface area contributed by atoms with Gasteiger partial charge in [0.1, 0.15) is 0 Å². The number of nitriles is 1. The van der Waals surface area contributed by atoms with E-state index in [1.54, 1.807) is 0 Å². The predicted molar refractivity (Wildman–Crippen MR) is 52.9 cm³/mol. The molecule has 0 aromatic heterocycles. The second-order valence-electron chi connectivity index (χ2n) is 4.35. The number of allylic oxidation sites excluding steroid dienone is 4. The van der Waals surface area contributed by atoms with Crippen molar-refractivity contribution in [3.05, 3.63) is 24.3 Å². The van der Waals surface area contributed by atoms with Gasteiger partial charge < -0.3 is 0 Å². The molecule has 0 aliphatic heterocycles. The molecule has 2 rings (SSSR count). The van der Waals surface area contributed by atoms with Gasteiger partial charge in [-0.3, -0.25) is 0 Å². The average Bonchev–Trinajstić information content (AvgIpc) is 2.87. The Hall–Kier alpha value is -1.03. The van der Waals surface area contributed by atoms with Crippen molar-refractivity contribution in [2.24, 2.45) is 11.3 Å². The third-order valence-electron chi connectivity index (χ3n) is 3.18. The van der Waals surface area contributed by atoms with Crippen LogP contribution in [0.3, 0.4) is 0 Å². The maximum atomic E-state index is 8.69. The lowest BCUT2D eigenvalue weighted by atomic mass is 9.86. The van der Waals surface area contributed by atoms with Crippen LogP contribution in [0.2, 0.25) is 0 Å². The molecule has 0 radical (unpaired) electrons. The topological polar surface area (TPSA) is 23.8 Å². The summed E-state index contributed by atoms with van der Waals surface area (Å²) in [6.45, 7) is 0. The predicted octanol–water partition coefficient (Wildman–Crippen LogP) is 3.20. The van der Waals surface area contributed by atoms with Gasteiger partial charge in [0, 0.05) is 6.42 Å². The van der Waals surface area contributed by atoms with Gasteiger partial charge >= 0.3 is 0 Å². The monoisotopic (exact) mass is 173 g/mol. The maximum Gasteiger partial charge on any atom is 0.0627 e. The van der Waals surface area contributed by atoms with Crippen LogP contribution < -0.4 is 0 Å². The van der Waals surface area contributed by atoms with Crippen LogP contribution in [0.5, 0.6) is 0 Å². The molecule has 2 aliphatic rings. The molecule has 0 aromatic carbocycles. The first-order chi connectivity index (χ1) is 6.35. The normalized spacial score (nSPS) is 28.4. The van der Waals surface area contributed by atoms with Gasteiger partial charge in [-0.1, -0.05) is 24.3 Å². The third kappa shape index (κ3) is 2.01. The van der Waals surface area contributed by atoms with Gasteiger partial charge in [0.05, 0.1) is 6.07 Å². The first-order valence-electron chi connectivity index (χ1n) is 5.05. The Morgan fingerprint density at radius 1 is 1.38 bits per heavy atom. The highest BCUT2D eigenvalue weighted by Crippen LogP contribution is 2.54. The van der Waals surface area contributed by atoms with Crippen molar-refractivity contribution in [2.45, 2.75) is 32.1 Å². The highest BCUT2D eigenvalue weighted by molar-refractivity contribution is 5.13. The average molecular weight is 173 g/mol. The van der Waals surface area contributed by atoms with E-state index in [1.165, 1.54) is 25.7 Å². The fourth-order valence-corrected chi connectivity index (χ4v) is 2.14. The maximum absolute atomic E-state index is 8.69. The van der Waals surface area contributed by atoms with Crippen molar-refractivity contribution >= 4 is 0 Å². The summed E-state index contributed by atoms with van der Waals surface area (Å²) in [5.41, 5.74) is 0.412. The highest BCUT2D eigenvalue weighted by Gasteiger charge is 2.43.